The van der Waals surface area contributed by atoms with Gasteiger partial charge in [0.05, 0.1) is 0 Å². The van der Waals surface area contributed by atoms with E-state index in [0.29, 0.717) is 11.5 Å². The van der Waals surface area contributed by atoms with E-state index in [1.807, 2.05) is 72.8 Å². The average molecular weight is 473 g/mol. The molecule has 34 heavy (non-hydrogen) atoms. The van der Waals surface area contributed by atoms with Gasteiger partial charge in [0.2, 0.25) is 0 Å². The molecular weight excluding hydrogens is 448 g/mol. The fourth-order valence-electron chi connectivity index (χ4n) is 3.95. The Bertz CT molecular complexity index is 1240. The zero-order valence-electron chi connectivity index (χ0n) is 18.6. The zero-order valence-corrected chi connectivity index (χ0v) is 19.3. The molecule has 0 amide bonds. The van der Waals surface area contributed by atoms with Crippen molar-refractivity contribution in [3.05, 3.63) is 90.2 Å². The number of anilines is 5. The summed E-state index contributed by atoms with van der Waals surface area (Å²) < 4.78 is 5.86. The number of nitrogens with two attached hydrogens (primary N) is 1. The maximum atomic E-state index is 6.47. The number of hydrogen-bond acceptors (Lipinski definition) is 7. The van der Waals surface area contributed by atoms with Crippen molar-refractivity contribution in [3.8, 4) is 11.5 Å². The van der Waals surface area contributed by atoms with Gasteiger partial charge >= 0.3 is 0 Å². The van der Waals surface area contributed by atoms with Crippen LogP contribution in [0.1, 0.15) is 0 Å². The molecule has 7 nitrogen and oxygen atoms in total. The van der Waals surface area contributed by atoms with E-state index in [1.165, 1.54) is 0 Å². The van der Waals surface area contributed by atoms with Gasteiger partial charge in [0, 0.05) is 42.6 Å². The summed E-state index contributed by atoms with van der Waals surface area (Å²) in [4.78, 5) is 13.3. The Morgan fingerprint density at radius 3 is 2.24 bits per heavy atom. The molecule has 2 heterocycles. The Labute approximate surface area is 203 Å². The molecule has 172 valence electrons. The molecule has 8 heteroatoms. The number of benzene rings is 3. The molecule has 4 aromatic rings. The van der Waals surface area contributed by atoms with Gasteiger partial charge in [-0.25, -0.2) is 9.97 Å². The summed E-state index contributed by atoms with van der Waals surface area (Å²) in [6.45, 7) is 3.32. The summed E-state index contributed by atoms with van der Waals surface area (Å²) >= 11 is 6.15. The molecular formula is C26H25ClN6O. The van der Waals surface area contributed by atoms with E-state index in [-0.39, 0.29) is 0 Å². The molecule has 1 aliphatic rings. The predicted molar refractivity (Wildman–Crippen MR) is 139 cm³/mol. The number of nitrogens with one attached hydrogen (secondary N) is 1. The smallest absolute Gasteiger partial charge is 0.159 e. The zero-order chi connectivity index (χ0) is 23.3. The third-order valence-electron chi connectivity index (χ3n) is 5.71. The second kappa shape index (κ2) is 9.89. The minimum atomic E-state index is 0.531. The first-order valence-corrected chi connectivity index (χ1v) is 11.5. The Hall–Kier alpha value is -3.97. The molecule has 0 atom stereocenters. The van der Waals surface area contributed by atoms with Crippen LogP contribution in [0.4, 0.5) is 28.7 Å². The monoisotopic (exact) mass is 472 g/mol. The van der Waals surface area contributed by atoms with E-state index in [9.17, 15) is 0 Å². The largest absolute Gasteiger partial charge is 0.457 e. The van der Waals surface area contributed by atoms with Crippen molar-refractivity contribution < 1.29 is 4.74 Å². The highest BCUT2D eigenvalue weighted by Gasteiger charge is 2.21. The van der Waals surface area contributed by atoms with Crippen LogP contribution in [0.5, 0.6) is 11.5 Å². The Morgan fingerprint density at radius 1 is 0.794 bits per heavy atom. The first-order valence-electron chi connectivity index (χ1n) is 11.1. The highest BCUT2D eigenvalue weighted by Crippen LogP contribution is 2.31. The molecule has 0 spiro atoms. The van der Waals surface area contributed by atoms with Gasteiger partial charge in [-0.2, -0.15) is 0 Å². The van der Waals surface area contributed by atoms with E-state index in [4.69, 9.17) is 22.1 Å². The third-order valence-corrected chi connectivity index (χ3v) is 5.95. The minimum absolute atomic E-state index is 0.531. The number of nitrogen functional groups attached to an aromatic ring is 1. The lowest BCUT2D eigenvalue weighted by Crippen LogP contribution is -2.47. The van der Waals surface area contributed by atoms with Gasteiger partial charge in [0.25, 0.3) is 0 Å². The van der Waals surface area contributed by atoms with Crippen LogP contribution in [0.25, 0.3) is 0 Å². The van der Waals surface area contributed by atoms with E-state index in [2.05, 4.69) is 31.2 Å². The van der Waals surface area contributed by atoms with Crippen LogP contribution in [0.15, 0.2) is 85.2 Å². The molecule has 5 rings (SSSR count). The number of rotatable bonds is 6. The van der Waals surface area contributed by atoms with Crippen molar-refractivity contribution >= 4 is 40.3 Å². The van der Waals surface area contributed by atoms with E-state index < -0.39 is 0 Å². The van der Waals surface area contributed by atoms with Crippen molar-refractivity contribution in [3.63, 3.8) is 0 Å². The molecule has 1 saturated heterocycles. The van der Waals surface area contributed by atoms with Crippen LogP contribution in [0.2, 0.25) is 5.02 Å². The van der Waals surface area contributed by atoms with Gasteiger partial charge in [-0.1, -0.05) is 35.9 Å². The minimum Gasteiger partial charge on any atom is -0.457 e. The number of ether oxygens (including phenoxy) is 1. The van der Waals surface area contributed by atoms with Crippen molar-refractivity contribution in [1.82, 2.24) is 9.97 Å². The van der Waals surface area contributed by atoms with Gasteiger partial charge in [-0.05, 0) is 54.6 Å². The Balaban J connectivity index is 1.24. The molecule has 3 aromatic carbocycles. The number of para-hydroxylation sites is 1. The molecule has 0 unspecified atom stereocenters. The summed E-state index contributed by atoms with van der Waals surface area (Å²) in [6, 6.07) is 25.3. The first-order chi connectivity index (χ1) is 16.7. The summed E-state index contributed by atoms with van der Waals surface area (Å²) in [6.07, 6.45) is 1.55. The average Bonchev–Trinajstić information content (AvgIpc) is 2.87. The summed E-state index contributed by atoms with van der Waals surface area (Å²) in [7, 11) is 0. The molecule has 3 N–H and O–H groups in total. The van der Waals surface area contributed by atoms with E-state index >= 15 is 0 Å². The SMILES string of the molecule is Nc1c(Nc2ccc(Oc3ccccc3)cc2)ncnc1N1CCN(c2cccc(Cl)c2)CC1. The normalized spacial score (nSPS) is 13.6. The lowest BCUT2D eigenvalue weighted by Gasteiger charge is -2.37. The second-order valence-corrected chi connectivity index (χ2v) is 8.41. The fourth-order valence-corrected chi connectivity index (χ4v) is 4.14. The predicted octanol–water partition coefficient (Wildman–Crippen LogP) is 5.57. The number of halogens is 1. The van der Waals surface area contributed by atoms with Crippen molar-refractivity contribution in [2.45, 2.75) is 0 Å². The van der Waals surface area contributed by atoms with Crippen molar-refractivity contribution in [1.29, 1.82) is 0 Å². The lowest BCUT2D eigenvalue weighted by molar-refractivity contribution is 0.483. The van der Waals surface area contributed by atoms with Gasteiger partial charge in [0.15, 0.2) is 11.6 Å². The van der Waals surface area contributed by atoms with Crippen molar-refractivity contribution in [2.75, 3.05) is 47.0 Å². The molecule has 0 bridgehead atoms. The molecule has 0 radical (unpaired) electrons. The van der Waals surface area contributed by atoms with Gasteiger partial charge in [0.1, 0.15) is 23.5 Å². The molecule has 1 fully saturated rings. The maximum absolute atomic E-state index is 6.47. The van der Waals surface area contributed by atoms with Crippen LogP contribution in [0.3, 0.4) is 0 Å². The van der Waals surface area contributed by atoms with Crippen LogP contribution in [0, 0.1) is 0 Å². The van der Waals surface area contributed by atoms with Crippen LogP contribution in [-0.4, -0.2) is 36.1 Å². The van der Waals surface area contributed by atoms with Crippen LogP contribution in [-0.2, 0) is 0 Å². The summed E-state index contributed by atoms with van der Waals surface area (Å²) in [5.74, 6) is 2.88. The lowest BCUT2D eigenvalue weighted by atomic mass is 10.2. The molecule has 1 aliphatic heterocycles. The summed E-state index contributed by atoms with van der Waals surface area (Å²) in [5.41, 5.74) is 9.00. The van der Waals surface area contributed by atoms with Gasteiger partial charge in [-0.15, -0.1) is 0 Å². The standard InChI is InChI=1S/C26H25ClN6O/c27-19-5-4-6-21(17-19)32-13-15-33(16-14-32)26-24(28)25(29-18-30-26)31-20-9-11-23(12-10-20)34-22-7-2-1-3-8-22/h1-12,17-18H,13-16,28H2,(H,29,30,31). The number of aromatic nitrogens is 2. The van der Waals surface area contributed by atoms with Gasteiger partial charge < -0.3 is 25.6 Å². The second-order valence-electron chi connectivity index (χ2n) is 7.98. The van der Waals surface area contributed by atoms with Crippen molar-refractivity contribution in [2.24, 2.45) is 0 Å². The Kier molecular flexibility index (Phi) is 6.35. The van der Waals surface area contributed by atoms with E-state index in [0.717, 1.165) is 59.9 Å². The van der Waals surface area contributed by atoms with Crippen LogP contribution < -0.4 is 25.6 Å². The van der Waals surface area contributed by atoms with Crippen LogP contribution >= 0.6 is 11.6 Å². The molecule has 1 aromatic heterocycles. The molecule has 0 aliphatic carbocycles. The number of nitrogens with zero attached hydrogens (tertiary/aromatic N) is 4. The van der Waals surface area contributed by atoms with Gasteiger partial charge in [-0.3, -0.25) is 0 Å². The fraction of sp³-hybridized carbons (Fsp3) is 0.154. The first kappa shape index (κ1) is 21.9. The highest BCUT2D eigenvalue weighted by molar-refractivity contribution is 6.30. The Morgan fingerprint density at radius 2 is 1.50 bits per heavy atom. The number of hydrogen-bond donors (Lipinski definition) is 2. The quantitative estimate of drug-likeness (QED) is 0.379. The number of piperazine rings is 1. The topological polar surface area (TPSA) is 79.5 Å². The molecule has 0 saturated carbocycles. The maximum Gasteiger partial charge on any atom is 0.159 e. The summed E-state index contributed by atoms with van der Waals surface area (Å²) in [5, 5.41) is 4.05. The highest BCUT2D eigenvalue weighted by atomic mass is 35.5. The third kappa shape index (κ3) is 5.00. The van der Waals surface area contributed by atoms with E-state index in [1.54, 1.807) is 6.33 Å².